The summed E-state index contributed by atoms with van der Waals surface area (Å²) >= 11 is 1.55. The fourth-order valence-corrected chi connectivity index (χ4v) is 5.59. The molecule has 5 rings (SSSR count). The number of benzene rings is 3. The van der Waals surface area contributed by atoms with Crippen LogP contribution in [0.5, 0.6) is 11.5 Å². The molecule has 1 fully saturated rings. The summed E-state index contributed by atoms with van der Waals surface area (Å²) in [6, 6.07) is 18.2. The molecule has 0 unspecified atom stereocenters. The number of amides is 2. The molecule has 1 aliphatic rings. The molecule has 0 spiro atoms. The van der Waals surface area contributed by atoms with Crippen molar-refractivity contribution in [2.75, 3.05) is 24.3 Å². The molecule has 3 aromatic carbocycles. The maximum Gasteiger partial charge on any atom is 0.573 e. The average molecular weight is 637 g/mol. The van der Waals surface area contributed by atoms with E-state index in [4.69, 9.17) is 4.74 Å². The molecular weight excluding hydrogens is 605 g/mol. The van der Waals surface area contributed by atoms with E-state index in [1.165, 1.54) is 35.3 Å². The molecule has 4 aromatic rings. The maximum atomic E-state index is 12.8. The van der Waals surface area contributed by atoms with Crippen LogP contribution in [0, 0.1) is 0 Å². The van der Waals surface area contributed by atoms with E-state index < -0.39 is 12.4 Å². The Balaban J connectivity index is 1.21. The normalized spacial score (nSPS) is 14.7. The van der Waals surface area contributed by atoms with Crippen LogP contribution >= 0.6 is 11.8 Å². The number of amidine groups is 1. The van der Waals surface area contributed by atoms with Crippen LogP contribution in [0.3, 0.4) is 0 Å². The highest BCUT2D eigenvalue weighted by Gasteiger charge is 2.31. The van der Waals surface area contributed by atoms with Crippen molar-refractivity contribution < 1.29 is 27.4 Å². The minimum Gasteiger partial charge on any atom is -0.497 e. The van der Waals surface area contributed by atoms with Gasteiger partial charge >= 0.3 is 12.4 Å². The molecule has 1 saturated heterocycles. The summed E-state index contributed by atoms with van der Waals surface area (Å²) in [7, 11) is 1.64. The predicted octanol–water partition coefficient (Wildman–Crippen LogP) is 7.64. The Morgan fingerprint density at radius 3 is 2.49 bits per heavy atom. The van der Waals surface area contributed by atoms with Crippen LogP contribution in [0.25, 0.3) is 23.2 Å². The lowest BCUT2D eigenvalue weighted by atomic mass is 10.00. The first-order valence-corrected chi connectivity index (χ1v) is 15.1. The molecular formula is C32H31F3N6O3S. The van der Waals surface area contributed by atoms with E-state index in [9.17, 15) is 18.0 Å². The fraction of sp³-hybridized carbons (Fsp3) is 0.250. The van der Waals surface area contributed by atoms with E-state index in [1.807, 2.05) is 36.4 Å². The van der Waals surface area contributed by atoms with Crippen molar-refractivity contribution in [2.24, 2.45) is 4.99 Å². The van der Waals surface area contributed by atoms with Crippen LogP contribution in [0.2, 0.25) is 0 Å². The number of methoxy groups -OCH3 is 1. The number of hydrogen-bond donors (Lipinski definition) is 1. The zero-order valence-corrected chi connectivity index (χ0v) is 25.6. The number of aliphatic imine (C=N–C) groups is 1. The van der Waals surface area contributed by atoms with E-state index in [-0.39, 0.29) is 11.7 Å². The minimum absolute atomic E-state index is 0.288. The Labute approximate surface area is 262 Å². The fourth-order valence-electron chi connectivity index (χ4n) is 4.64. The predicted molar refractivity (Wildman–Crippen MR) is 170 cm³/mol. The van der Waals surface area contributed by atoms with E-state index in [0.717, 1.165) is 46.8 Å². The lowest BCUT2D eigenvalue weighted by Gasteiger charge is -2.32. The Hall–Kier alpha value is -4.78. The number of hydrogen-bond acceptors (Lipinski definition) is 6. The van der Waals surface area contributed by atoms with Crippen molar-refractivity contribution in [1.29, 1.82) is 0 Å². The molecule has 1 N–H and O–H groups in total. The SMILES string of the molecule is COc1ccc(C(C)C)c(N2CCCSC2=NC(=O)N/C=C/c2ccc(-c3ncn(-c4ccc(OC(F)(F)F)cc4)n3)cc2)c1. The van der Waals surface area contributed by atoms with Gasteiger partial charge in [0.2, 0.25) is 0 Å². The average Bonchev–Trinajstić information content (AvgIpc) is 3.51. The van der Waals surface area contributed by atoms with Gasteiger partial charge in [0.05, 0.1) is 12.8 Å². The number of urea groups is 1. The second-order valence-electron chi connectivity index (χ2n) is 10.3. The lowest BCUT2D eigenvalue weighted by Crippen LogP contribution is -2.36. The Morgan fingerprint density at radius 2 is 1.80 bits per heavy atom. The number of aromatic nitrogens is 3. The van der Waals surface area contributed by atoms with Crippen molar-refractivity contribution >= 4 is 34.7 Å². The van der Waals surface area contributed by atoms with Crippen LogP contribution in [0.1, 0.15) is 37.3 Å². The van der Waals surface area contributed by atoms with Gasteiger partial charge in [-0.25, -0.2) is 14.5 Å². The zero-order chi connectivity index (χ0) is 32.0. The number of thioether (sulfide) groups is 1. The molecule has 0 atom stereocenters. The van der Waals surface area contributed by atoms with Gasteiger partial charge in [-0.15, -0.1) is 18.3 Å². The molecule has 45 heavy (non-hydrogen) atoms. The number of carbonyl (C=O) groups excluding carboxylic acids is 1. The van der Waals surface area contributed by atoms with Gasteiger partial charge in [0.25, 0.3) is 0 Å². The maximum absolute atomic E-state index is 12.8. The summed E-state index contributed by atoms with van der Waals surface area (Å²) in [6.45, 7) is 5.02. The number of carbonyl (C=O) groups is 1. The van der Waals surface area contributed by atoms with Gasteiger partial charge in [0.1, 0.15) is 17.8 Å². The molecule has 234 valence electrons. The van der Waals surface area contributed by atoms with Crippen LogP contribution in [-0.4, -0.2) is 51.7 Å². The first-order chi connectivity index (χ1) is 21.6. The number of anilines is 1. The third kappa shape index (κ3) is 8.24. The molecule has 1 aromatic heterocycles. The van der Waals surface area contributed by atoms with E-state index >= 15 is 0 Å². The Morgan fingerprint density at radius 1 is 1.07 bits per heavy atom. The summed E-state index contributed by atoms with van der Waals surface area (Å²) < 4.78 is 48.1. The molecule has 9 nitrogen and oxygen atoms in total. The number of nitrogens with zero attached hydrogens (tertiary/aromatic N) is 5. The van der Waals surface area contributed by atoms with Crippen molar-refractivity contribution in [3.63, 3.8) is 0 Å². The van der Waals surface area contributed by atoms with Gasteiger partial charge in [-0.05, 0) is 59.9 Å². The lowest BCUT2D eigenvalue weighted by molar-refractivity contribution is -0.274. The zero-order valence-electron chi connectivity index (χ0n) is 24.8. The van der Waals surface area contributed by atoms with Crippen LogP contribution in [-0.2, 0) is 0 Å². The third-order valence-electron chi connectivity index (χ3n) is 6.81. The third-order valence-corrected chi connectivity index (χ3v) is 7.88. The van der Waals surface area contributed by atoms with Crippen LogP contribution in [0.15, 0.2) is 84.2 Å². The second kappa shape index (κ2) is 13.9. The van der Waals surface area contributed by atoms with Gasteiger partial charge in [0.15, 0.2) is 11.0 Å². The van der Waals surface area contributed by atoms with Crippen molar-refractivity contribution in [3.05, 3.63) is 90.4 Å². The molecule has 0 saturated carbocycles. The Kier molecular flexibility index (Phi) is 9.77. The number of rotatable bonds is 8. The standard InChI is InChI=1S/C32H31F3N6O3S/c1-21(2)27-14-13-26(43-3)19-28(27)40-17-4-18-45-31(40)38-30(42)36-16-15-22-5-7-23(8-6-22)29-37-20-41(39-29)24-9-11-25(12-10-24)44-32(33,34)35/h5-16,19-21H,4,17-18H2,1-3H3,(H,36,42)/b16-15+,38-31?. The number of ether oxygens (including phenoxy) is 2. The highest BCUT2D eigenvalue weighted by atomic mass is 32.2. The quantitative estimate of drug-likeness (QED) is 0.212. The van der Waals surface area contributed by atoms with Gasteiger partial charge in [-0.2, -0.15) is 4.99 Å². The number of halogens is 3. The molecule has 2 amide bonds. The molecule has 0 bridgehead atoms. The largest absolute Gasteiger partial charge is 0.573 e. The summed E-state index contributed by atoms with van der Waals surface area (Å²) in [5, 5.41) is 7.78. The summed E-state index contributed by atoms with van der Waals surface area (Å²) in [5.74, 6) is 2.04. The molecule has 0 aliphatic carbocycles. The van der Waals surface area contributed by atoms with Crippen LogP contribution < -0.4 is 19.7 Å². The van der Waals surface area contributed by atoms with Gasteiger partial charge in [0, 0.05) is 35.8 Å². The highest BCUT2D eigenvalue weighted by molar-refractivity contribution is 8.14. The first-order valence-electron chi connectivity index (χ1n) is 14.1. The summed E-state index contributed by atoms with van der Waals surface area (Å²) in [4.78, 5) is 23.5. The van der Waals surface area contributed by atoms with Crippen molar-refractivity contribution in [3.8, 4) is 28.6 Å². The molecule has 0 radical (unpaired) electrons. The monoisotopic (exact) mass is 636 g/mol. The van der Waals surface area contributed by atoms with E-state index in [2.05, 4.69) is 49.9 Å². The van der Waals surface area contributed by atoms with Crippen LogP contribution in [0.4, 0.5) is 23.7 Å². The molecule has 13 heteroatoms. The number of nitrogens with one attached hydrogen (secondary N) is 1. The topological polar surface area (TPSA) is 93.9 Å². The highest BCUT2D eigenvalue weighted by Crippen LogP contribution is 2.35. The second-order valence-corrected chi connectivity index (χ2v) is 11.3. The van der Waals surface area contributed by atoms with Crippen molar-refractivity contribution in [2.45, 2.75) is 32.5 Å². The first kappa shape index (κ1) is 31.6. The summed E-state index contributed by atoms with van der Waals surface area (Å²) in [6.07, 6.45) is 0.991. The smallest absolute Gasteiger partial charge is 0.497 e. The number of alkyl halides is 3. The molecule has 2 heterocycles. The van der Waals surface area contributed by atoms with Gasteiger partial charge in [-0.1, -0.05) is 55.9 Å². The minimum atomic E-state index is -4.75. The van der Waals surface area contributed by atoms with E-state index in [1.54, 1.807) is 31.1 Å². The van der Waals surface area contributed by atoms with Gasteiger partial charge < -0.3 is 19.7 Å². The van der Waals surface area contributed by atoms with Crippen molar-refractivity contribution in [1.82, 2.24) is 20.1 Å². The van der Waals surface area contributed by atoms with E-state index in [0.29, 0.717) is 16.7 Å². The Bertz CT molecular complexity index is 1690. The molecule has 1 aliphatic heterocycles. The van der Waals surface area contributed by atoms with Gasteiger partial charge in [-0.3, -0.25) is 0 Å². The summed E-state index contributed by atoms with van der Waals surface area (Å²) in [5.41, 5.74) is 4.25.